The largest absolute Gasteiger partial charge is 0.466 e. The number of carbonyl (C=O) groups excluding carboxylic acids is 1. The van der Waals surface area contributed by atoms with Crippen LogP contribution in [0.2, 0.25) is 0 Å². The van der Waals surface area contributed by atoms with Crippen LogP contribution in [0.5, 0.6) is 0 Å². The number of ether oxygens (including phenoxy) is 1. The van der Waals surface area contributed by atoms with Crippen LogP contribution in [0, 0.1) is 13.8 Å². The summed E-state index contributed by atoms with van der Waals surface area (Å²) in [7, 11) is -0.472. The predicted molar refractivity (Wildman–Crippen MR) is 96.0 cm³/mol. The predicted octanol–water partition coefficient (Wildman–Crippen LogP) is 3.97. The fourth-order valence-electron chi connectivity index (χ4n) is 2.96. The topological polar surface area (TPSA) is 44.8 Å². The van der Waals surface area contributed by atoms with Gasteiger partial charge in [0.1, 0.15) is 0 Å². The molecular formula is C19H29BO4. The van der Waals surface area contributed by atoms with Gasteiger partial charge in [-0.05, 0) is 59.6 Å². The molecule has 0 saturated carbocycles. The minimum atomic E-state index is -0.472. The summed E-state index contributed by atoms with van der Waals surface area (Å²) in [5.41, 5.74) is 2.51. The second-order valence-corrected chi connectivity index (χ2v) is 7.60. The Morgan fingerprint density at radius 2 is 1.75 bits per heavy atom. The van der Waals surface area contributed by atoms with E-state index in [2.05, 4.69) is 32.0 Å². The van der Waals surface area contributed by atoms with E-state index < -0.39 is 18.3 Å². The lowest BCUT2D eigenvalue weighted by Gasteiger charge is -2.32. The van der Waals surface area contributed by atoms with Crippen molar-refractivity contribution in [3.63, 3.8) is 0 Å². The average Bonchev–Trinajstić information content (AvgIpc) is 2.68. The lowest BCUT2D eigenvalue weighted by atomic mass is 9.65. The van der Waals surface area contributed by atoms with Gasteiger partial charge in [-0.2, -0.15) is 0 Å². The van der Waals surface area contributed by atoms with Gasteiger partial charge in [0.2, 0.25) is 0 Å². The van der Waals surface area contributed by atoms with E-state index in [-0.39, 0.29) is 18.2 Å². The van der Waals surface area contributed by atoms with Crippen LogP contribution in [0.4, 0.5) is 0 Å². The number of aryl methyl sites for hydroxylation is 2. The summed E-state index contributed by atoms with van der Waals surface area (Å²) in [6, 6.07) is 6.27. The molecule has 132 valence electrons. The van der Waals surface area contributed by atoms with E-state index in [0.29, 0.717) is 6.61 Å². The Balaban J connectivity index is 2.37. The first-order valence-electron chi connectivity index (χ1n) is 8.66. The van der Waals surface area contributed by atoms with Crippen molar-refractivity contribution in [3.8, 4) is 0 Å². The number of hydrogen-bond acceptors (Lipinski definition) is 4. The van der Waals surface area contributed by atoms with E-state index in [9.17, 15) is 4.79 Å². The van der Waals surface area contributed by atoms with Gasteiger partial charge >= 0.3 is 13.1 Å². The number of esters is 1. The zero-order valence-electron chi connectivity index (χ0n) is 15.9. The Morgan fingerprint density at radius 1 is 1.17 bits per heavy atom. The molecule has 24 heavy (non-hydrogen) atoms. The number of rotatable bonds is 5. The molecular weight excluding hydrogens is 303 g/mol. The first kappa shape index (κ1) is 19.0. The van der Waals surface area contributed by atoms with Crippen molar-refractivity contribution in [2.24, 2.45) is 0 Å². The molecule has 0 spiro atoms. The van der Waals surface area contributed by atoms with Crippen molar-refractivity contribution in [3.05, 3.63) is 34.9 Å². The Hall–Kier alpha value is -1.33. The highest BCUT2D eigenvalue weighted by Crippen LogP contribution is 2.42. The first-order valence-corrected chi connectivity index (χ1v) is 8.66. The van der Waals surface area contributed by atoms with Crippen LogP contribution < -0.4 is 0 Å². The van der Waals surface area contributed by atoms with Crippen molar-refractivity contribution in [2.75, 3.05) is 6.61 Å². The van der Waals surface area contributed by atoms with Gasteiger partial charge in [0.15, 0.2) is 0 Å². The molecule has 1 aliphatic rings. The van der Waals surface area contributed by atoms with Gasteiger partial charge < -0.3 is 14.0 Å². The van der Waals surface area contributed by atoms with E-state index in [1.54, 1.807) is 0 Å². The Bertz CT molecular complexity index is 593. The summed E-state index contributed by atoms with van der Waals surface area (Å²) in [5, 5.41) is 0. The van der Waals surface area contributed by atoms with Crippen LogP contribution in [0.25, 0.3) is 0 Å². The van der Waals surface area contributed by atoms with Crippen molar-refractivity contribution >= 4 is 13.1 Å². The van der Waals surface area contributed by atoms with E-state index in [4.69, 9.17) is 14.0 Å². The molecule has 0 N–H and O–H groups in total. The highest BCUT2D eigenvalue weighted by molar-refractivity contribution is 6.48. The van der Waals surface area contributed by atoms with E-state index in [0.717, 1.165) is 16.7 Å². The maximum atomic E-state index is 12.2. The molecule has 1 fully saturated rings. The molecule has 0 amide bonds. The van der Waals surface area contributed by atoms with Gasteiger partial charge in [0, 0.05) is 5.82 Å². The van der Waals surface area contributed by atoms with Crippen molar-refractivity contribution in [1.82, 2.24) is 0 Å². The zero-order valence-corrected chi connectivity index (χ0v) is 15.9. The third-order valence-corrected chi connectivity index (χ3v) is 5.13. The van der Waals surface area contributed by atoms with Gasteiger partial charge in [-0.25, -0.2) is 0 Å². The minimum Gasteiger partial charge on any atom is -0.466 e. The van der Waals surface area contributed by atoms with Crippen LogP contribution in [-0.2, 0) is 18.8 Å². The van der Waals surface area contributed by atoms with Crippen molar-refractivity contribution in [2.45, 2.75) is 71.9 Å². The molecule has 1 unspecified atom stereocenters. The molecule has 0 radical (unpaired) electrons. The maximum Gasteiger partial charge on any atom is 0.466 e. The molecule has 0 bridgehead atoms. The van der Waals surface area contributed by atoms with Crippen molar-refractivity contribution in [1.29, 1.82) is 0 Å². The fourth-order valence-corrected chi connectivity index (χ4v) is 2.96. The summed E-state index contributed by atoms with van der Waals surface area (Å²) >= 11 is 0. The smallest absolute Gasteiger partial charge is 0.466 e. The number of hydrogen-bond donors (Lipinski definition) is 0. The Kier molecular flexibility index (Phi) is 5.45. The summed E-state index contributed by atoms with van der Waals surface area (Å²) in [6.45, 7) is 14.4. The summed E-state index contributed by atoms with van der Waals surface area (Å²) < 4.78 is 17.6. The van der Waals surface area contributed by atoms with Gasteiger partial charge in [0.25, 0.3) is 0 Å². The normalized spacial score (nSPS) is 20.0. The van der Waals surface area contributed by atoms with Crippen LogP contribution in [0.15, 0.2) is 18.2 Å². The molecule has 5 heteroatoms. The molecule has 0 aliphatic carbocycles. The van der Waals surface area contributed by atoms with Gasteiger partial charge in [-0.15, -0.1) is 0 Å². The molecule has 1 aromatic carbocycles. The summed E-state index contributed by atoms with van der Waals surface area (Å²) in [4.78, 5) is 12.2. The van der Waals surface area contributed by atoms with Crippen molar-refractivity contribution < 1.29 is 18.8 Å². The van der Waals surface area contributed by atoms with E-state index >= 15 is 0 Å². The average molecular weight is 332 g/mol. The van der Waals surface area contributed by atoms with Crippen LogP contribution in [-0.4, -0.2) is 30.9 Å². The van der Waals surface area contributed by atoms with Gasteiger partial charge in [-0.1, -0.05) is 23.8 Å². The SMILES string of the molecule is CCOC(=O)CC(B1OC(C)(C)C(C)(C)O1)c1cc(C)ccc1C. The molecule has 1 aromatic rings. The minimum absolute atomic E-state index is 0.190. The molecule has 0 aromatic heterocycles. The highest BCUT2D eigenvalue weighted by Gasteiger charge is 2.54. The second kappa shape index (κ2) is 6.89. The fraction of sp³-hybridized carbons (Fsp3) is 0.632. The van der Waals surface area contributed by atoms with Crippen LogP contribution in [0.1, 0.15) is 63.5 Å². The molecule has 4 nitrogen and oxygen atoms in total. The lowest BCUT2D eigenvalue weighted by molar-refractivity contribution is -0.143. The molecule has 1 aliphatic heterocycles. The molecule has 1 atom stereocenters. The quantitative estimate of drug-likeness (QED) is 0.604. The third-order valence-electron chi connectivity index (χ3n) is 5.13. The van der Waals surface area contributed by atoms with Crippen LogP contribution in [0.3, 0.4) is 0 Å². The molecule has 2 rings (SSSR count). The Labute approximate surface area is 146 Å². The first-order chi connectivity index (χ1) is 11.1. The second-order valence-electron chi connectivity index (χ2n) is 7.60. The number of benzene rings is 1. The monoisotopic (exact) mass is 332 g/mol. The van der Waals surface area contributed by atoms with Gasteiger partial charge in [0.05, 0.1) is 24.2 Å². The van der Waals surface area contributed by atoms with E-state index in [1.165, 1.54) is 0 Å². The lowest BCUT2D eigenvalue weighted by Crippen LogP contribution is -2.41. The standard InChI is InChI=1S/C19H29BO4/c1-8-22-17(21)12-16(15-11-13(2)9-10-14(15)3)20-23-18(4,5)19(6,7)24-20/h9-11,16H,8,12H2,1-7H3. The maximum absolute atomic E-state index is 12.2. The zero-order chi connectivity index (χ0) is 18.1. The van der Waals surface area contributed by atoms with Gasteiger partial charge in [-0.3, -0.25) is 4.79 Å². The molecule has 1 heterocycles. The molecule has 1 saturated heterocycles. The van der Waals surface area contributed by atoms with Crippen LogP contribution >= 0.6 is 0 Å². The third kappa shape index (κ3) is 3.84. The Morgan fingerprint density at radius 3 is 2.29 bits per heavy atom. The van der Waals surface area contributed by atoms with E-state index in [1.807, 2.05) is 34.6 Å². The highest BCUT2D eigenvalue weighted by atomic mass is 16.7. The summed E-state index contributed by atoms with van der Waals surface area (Å²) in [5.74, 6) is -0.414. The summed E-state index contributed by atoms with van der Waals surface area (Å²) in [6.07, 6.45) is 0.245. The number of carbonyl (C=O) groups is 1.